The molecule has 0 saturated carbocycles. The lowest BCUT2D eigenvalue weighted by molar-refractivity contribution is -0.224. The Balaban J connectivity index is 2.22. The van der Waals surface area contributed by atoms with Crippen LogP contribution in [0.25, 0.3) is 0 Å². The fourth-order valence-electron chi connectivity index (χ4n) is 1.76. The molecule has 0 aliphatic carbocycles. The molecule has 2 atom stereocenters. The van der Waals surface area contributed by atoms with Gasteiger partial charge in [0.05, 0.1) is 27.4 Å². The van der Waals surface area contributed by atoms with E-state index in [9.17, 15) is 13.2 Å². The monoisotopic (exact) mass is 292 g/mol. The number of alkyl halides is 3. The Bertz CT molecular complexity index is 457. The van der Waals surface area contributed by atoms with Crippen LogP contribution in [0.1, 0.15) is 11.7 Å². The summed E-state index contributed by atoms with van der Waals surface area (Å²) in [5, 5.41) is 0. The van der Waals surface area contributed by atoms with Crippen molar-refractivity contribution < 1.29 is 32.1 Å². The average molecular weight is 292 g/mol. The van der Waals surface area contributed by atoms with Crippen molar-refractivity contribution >= 4 is 0 Å². The lowest BCUT2D eigenvalue weighted by Gasteiger charge is -2.21. The molecule has 1 aliphatic rings. The molecule has 1 heterocycles. The molecule has 0 aromatic heterocycles. The minimum atomic E-state index is -4.51. The number of rotatable bonds is 6. The van der Waals surface area contributed by atoms with Crippen LogP contribution in [0.4, 0.5) is 13.2 Å². The molecule has 2 unspecified atom stereocenters. The molecular weight excluding hydrogens is 277 g/mol. The van der Waals surface area contributed by atoms with E-state index in [0.717, 1.165) is 0 Å². The highest BCUT2D eigenvalue weighted by Gasteiger charge is 2.43. The third-order valence-corrected chi connectivity index (χ3v) is 2.86. The molecule has 1 aliphatic heterocycles. The van der Waals surface area contributed by atoms with Gasteiger partial charge in [0, 0.05) is 0 Å². The Morgan fingerprint density at radius 3 is 2.40 bits per heavy atom. The van der Waals surface area contributed by atoms with Crippen molar-refractivity contribution in [1.82, 2.24) is 0 Å². The summed E-state index contributed by atoms with van der Waals surface area (Å²) >= 11 is 0. The zero-order valence-electron chi connectivity index (χ0n) is 11.1. The van der Waals surface area contributed by atoms with Crippen molar-refractivity contribution in [2.24, 2.45) is 0 Å². The predicted octanol–water partition coefficient (Wildman–Crippen LogP) is 2.72. The van der Waals surface area contributed by atoms with E-state index in [1.807, 2.05) is 0 Å². The average Bonchev–Trinajstić information content (AvgIpc) is 3.21. The third-order valence-electron chi connectivity index (χ3n) is 2.86. The number of benzene rings is 1. The van der Waals surface area contributed by atoms with Crippen LogP contribution in [-0.4, -0.2) is 39.7 Å². The first-order valence-electron chi connectivity index (χ1n) is 5.97. The molecule has 1 saturated heterocycles. The van der Waals surface area contributed by atoms with E-state index in [1.54, 1.807) is 0 Å². The minimum Gasteiger partial charge on any atom is -0.493 e. The first kappa shape index (κ1) is 14.9. The van der Waals surface area contributed by atoms with Gasteiger partial charge in [-0.15, -0.1) is 0 Å². The van der Waals surface area contributed by atoms with Crippen LogP contribution in [0.3, 0.4) is 0 Å². The number of halogens is 3. The maximum Gasteiger partial charge on any atom is 0.418 e. The van der Waals surface area contributed by atoms with Crippen molar-refractivity contribution in [2.45, 2.75) is 18.4 Å². The molecule has 0 amide bonds. The molecule has 20 heavy (non-hydrogen) atoms. The summed E-state index contributed by atoms with van der Waals surface area (Å²) < 4.78 is 59.0. The Labute approximate surface area is 114 Å². The van der Waals surface area contributed by atoms with Crippen LogP contribution in [0.15, 0.2) is 18.2 Å². The summed E-state index contributed by atoms with van der Waals surface area (Å²) in [5.74, 6) is 0.591. The van der Waals surface area contributed by atoms with Crippen LogP contribution < -0.4 is 9.47 Å². The number of ether oxygens (including phenoxy) is 4. The van der Waals surface area contributed by atoms with Crippen molar-refractivity contribution in [3.8, 4) is 11.5 Å². The second-order valence-electron chi connectivity index (χ2n) is 4.32. The lowest BCUT2D eigenvalue weighted by atomic mass is 10.1. The van der Waals surface area contributed by atoms with Crippen molar-refractivity contribution in [3.05, 3.63) is 23.8 Å². The highest BCUT2D eigenvalue weighted by atomic mass is 19.4. The van der Waals surface area contributed by atoms with Crippen LogP contribution in [-0.2, 0) is 9.47 Å². The Morgan fingerprint density at radius 1 is 1.25 bits per heavy atom. The second-order valence-corrected chi connectivity index (χ2v) is 4.32. The summed E-state index contributed by atoms with van der Waals surface area (Å²) in [4.78, 5) is 0. The van der Waals surface area contributed by atoms with Gasteiger partial charge in [-0.2, -0.15) is 13.2 Å². The topological polar surface area (TPSA) is 40.2 Å². The van der Waals surface area contributed by atoms with Gasteiger partial charge in [-0.1, -0.05) is 6.07 Å². The first-order valence-corrected chi connectivity index (χ1v) is 5.97. The van der Waals surface area contributed by atoms with Crippen LogP contribution in [0.2, 0.25) is 0 Å². The highest BCUT2D eigenvalue weighted by molar-refractivity contribution is 5.43. The fourth-order valence-corrected chi connectivity index (χ4v) is 1.76. The number of hydrogen-bond acceptors (Lipinski definition) is 4. The molecule has 4 nitrogen and oxygen atoms in total. The van der Waals surface area contributed by atoms with Crippen molar-refractivity contribution in [1.29, 1.82) is 0 Å². The maximum atomic E-state index is 13.1. The van der Waals surface area contributed by atoms with Crippen molar-refractivity contribution in [2.75, 3.05) is 27.4 Å². The fraction of sp³-hybridized carbons (Fsp3) is 0.538. The molecular formula is C13H15F3O4. The van der Waals surface area contributed by atoms with Crippen LogP contribution in [0.5, 0.6) is 11.5 Å². The van der Waals surface area contributed by atoms with E-state index in [4.69, 9.17) is 18.9 Å². The smallest absolute Gasteiger partial charge is 0.418 e. The second kappa shape index (κ2) is 5.88. The number of hydrogen-bond donors (Lipinski definition) is 0. The molecule has 0 N–H and O–H groups in total. The third kappa shape index (κ3) is 3.55. The number of epoxide rings is 1. The SMILES string of the molecule is COc1ccc(C(OCC2CO2)C(F)(F)F)cc1OC. The normalized spacial score (nSPS) is 19.6. The molecule has 1 aromatic carbocycles. The van der Waals surface area contributed by atoms with E-state index in [0.29, 0.717) is 12.4 Å². The predicted molar refractivity (Wildman–Crippen MR) is 64.0 cm³/mol. The van der Waals surface area contributed by atoms with Gasteiger partial charge in [0.15, 0.2) is 17.6 Å². The summed E-state index contributed by atoms with van der Waals surface area (Å²) in [5.41, 5.74) is -0.0317. The Kier molecular flexibility index (Phi) is 4.39. The lowest BCUT2D eigenvalue weighted by Crippen LogP contribution is -2.25. The summed E-state index contributed by atoms with van der Waals surface area (Å²) in [6, 6.07) is 4.00. The van der Waals surface area contributed by atoms with Gasteiger partial charge in [0.25, 0.3) is 0 Å². The largest absolute Gasteiger partial charge is 0.493 e. The van der Waals surface area contributed by atoms with E-state index in [2.05, 4.69) is 0 Å². The molecule has 1 fully saturated rings. The van der Waals surface area contributed by atoms with Gasteiger partial charge in [-0.3, -0.25) is 0 Å². The molecule has 2 rings (SSSR count). The van der Waals surface area contributed by atoms with Crippen LogP contribution >= 0.6 is 0 Å². The molecule has 0 spiro atoms. The summed E-state index contributed by atoms with van der Waals surface area (Å²) in [6.45, 7) is 0.356. The molecule has 7 heteroatoms. The zero-order valence-corrected chi connectivity index (χ0v) is 11.1. The Morgan fingerprint density at radius 2 is 1.90 bits per heavy atom. The highest BCUT2D eigenvalue weighted by Crippen LogP contribution is 2.39. The number of methoxy groups -OCH3 is 2. The standard InChI is InChI=1S/C13H15F3O4/c1-17-10-4-3-8(5-11(10)18-2)12(13(14,15)16)20-7-9-6-19-9/h3-5,9,12H,6-7H2,1-2H3. The quantitative estimate of drug-likeness (QED) is 0.756. The molecule has 0 radical (unpaired) electrons. The Hall–Kier alpha value is -1.47. The van der Waals surface area contributed by atoms with E-state index in [-0.39, 0.29) is 24.0 Å². The van der Waals surface area contributed by atoms with Gasteiger partial charge >= 0.3 is 6.18 Å². The van der Waals surface area contributed by atoms with Gasteiger partial charge in [0.1, 0.15) is 6.10 Å². The summed E-state index contributed by atoms with van der Waals surface area (Å²) in [6.07, 6.45) is -6.75. The maximum absolute atomic E-state index is 13.1. The molecule has 1 aromatic rings. The molecule has 0 bridgehead atoms. The van der Waals surface area contributed by atoms with Gasteiger partial charge in [0.2, 0.25) is 0 Å². The van der Waals surface area contributed by atoms with E-state index >= 15 is 0 Å². The first-order chi connectivity index (χ1) is 9.45. The van der Waals surface area contributed by atoms with Gasteiger partial charge < -0.3 is 18.9 Å². The summed E-state index contributed by atoms with van der Waals surface area (Å²) in [7, 11) is 2.78. The van der Waals surface area contributed by atoms with Crippen molar-refractivity contribution in [3.63, 3.8) is 0 Å². The zero-order chi connectivity index (χ0) is 14.8. The van der Waals surface area contributed by atoms with Gasteiger partial charge in [-0.05, 0) is 17.7 Å². The van der Waals surface area contributed by atoms with E-state index < -0.39 is 12.3 Å². The minimum absolute atomic E-state index is 0.0317. The van der Waals surface area contributed by atoms with E-state index in [1.165, 1.54) is 32.4 Å². The van der Waals surface area contributed by atoms with Gasteiger partial charge in [-0.25, -0.2) is 0 Å². The van der Waals surface area contributed by atoms with Crippen LogP contribution in [0, 0.1) is 0 Å². The molecule has 112 valence electrons.